The normalized spacial score (nSPS) is 22.8. The van der Waals surface area contributed by atoms with Crippen LogP contribution < -0.4 is 15.4 Å². The fourth-order valence-corrected chi connectivity index (χ4v) is 8.89. The Morgan fingerprint density at radius 3 is 2.38 bits per heavy atom. The average molecular weight is 817 g/mol. The van der Waals surface area contributed by atoms with Gasteiger partial charge in [0.1, 0.15) is 34.8 Å². The van der Waals surface area contributed by atoms with Crippen molar-refractivity contribution in [2.75, 3.05) is 12.4 Å². The Morgan fingerprint density at radius 2 is 1.74 bits per heavy atom. The van der Waals surface area contributed by atoms with Gasteiger partial charge in [-0.2, -0.15) is 0 Å². The Hall–Kier alpha value is -4.80. The van der Waals surface area contributed by atoms with Crippen LogP contribution in [-0.4, -0.2) is 78.0 Å². The number of aromatic nitrogens is 1. The topological polar surface area (TPSA) is 173 Å². The lowest BCUT2D eigenvalue weighted by Crippen LogP contribution is -2.65. The molecule has 1 saturated heterocycles. The highest BCUT2D eigenvalue weighted by Gasteiger charge is 2.68. The lowest BCUT2D eigenvalue weighted by Gasteiger charge is -2.64. The molecular weight excluding hydrogens is 763 g/mol. The Kier molecular flexibility index (Phi) is 12.1. The van der Waals surface area contributed by atoms with Crippen molar-refractivity contribution in [3.8, 4) is 5.75 Å². The predicted molar refractivity (Wildman–Crippen MR) is 219 cm³/mol. The van der Waals surface area contributed by atoms with E-state index in [-0.39, 0.29) is 63.9 Å². The standard InChI is InChI=1S/C42H53BN4O10S/c1-39(2,3)54-36(50)32-26(21-48)17-16-25(34(32)52-10)18-31(43-56-30-20-27-19-29(41(27,7)8)42(30,9)57-43)45-35(49)33(47-53-22-24-14-12-11-13-15-24)28-23-58-37(44-28)46-38(51)55-40(4,5)6/h11-17,21,23,27,29-31H,18-20,22H2,1-10H3,(H,45,49)(H,44,46,51)/b47-33-/t27-,29+,30?,31?,42+/m1/s1. The van der Waals surface area contributed by atoms with Crippen molar-refractivity contribution in [2.24, 2.45) is 22.4 Å². The van der Waals surface area contributed by atoms with E-state index < -0.39 is 47.8 Å². The summed E-state index contributed by atoms with van der Waals surface area (Å²) >= 11 is 1.08. The molecule has 14 nitrogen and oxygen atoms in total. The number of methoxy groups -OCH3 is 1. The minimum absolute atomic E-state index is 0.0319. The molecular formula is C42H53BN4O10S. The van der Waals surface area contributed by atoms with Crippen molar-refractivity contribution >= 4 is 53.6 Å². The van der Waals surface area contributed by atoms with Crippen LogP contribution in [0.4, 0.5) is 9.93 Å². The molecule has 5 atom stereocenters. The molecule has 2 amide bonds. The van der Waals surface area contributed by atoms with Crippen molar-refractivity contribution in [2.45, 2.75) is 117 Å². The highest BCUT2D eigenvalue weighted by molar-refractivity contribution is 7.14. The maximum absolute atomic E-state index is 14.6. The van der Waals surface area contributed by atoms with E-state index in [1.807, 2.05) is 30.3 Å². The third-order valence-electron chi connectivity index (χ3n) is 11.1. The van der Waals surface area contributed by atoms with Crippen LogP contribution in [0.5, 0.6) is 5.75 Å². The average Bonchev–Trinajstić information content (AvgIpc) is 3.75. The smallest absolute Gasteiger partial charge is 0.482 e. The van der Waals surface area contributed by atoms with E-state index in [4.69, 9.17) is 28.4 Å². The molecule has 3 aromatic rings. The first kappa shape index (κ1) is 42.8. The first-order chi connectivity index (χ1) is 27.2. The third-order valence-corrected chi connectivity index (χ3v) is 11.8. The number of oxime groups is 1. The summed E-state index contributed by atoms with van der Waals surface area (Å²) in [6, 6.07) is 12.5. The molecule has 2 aromatic carbocycles. The van der Waals surface area contributed by atoms with Crippen LogP contribution >= 0.6 is 11.3 Å². The van der Waals surface area contributed by atoms with Gasteiger partial charge in [-0.15, -0.1) is 11.3 Å². The first-order valence-electron chi connectivity index (χ1n) is 19.4. The molecule has 0 spiro atoms. The van der Waals surface area contributed by atoms with E-state index in [0.717, 1.165) is 29.7 Å². The SMILES string of the molecule is COc1c(CC(NC(=O)/C(=N\OCc2ccccc2)c2csc(NC(=O)OC(C)(C)C)n2)B2OC3C[C@H]4C[C@@H](C4(C)C)[C@]3(C)O2)ccc(C=O)c1C(=O)OC(C)(C)C. The number of ether oxygens (including phenoxy) is 3. The number of carbonyl (C=O) groups is 4. The van der Waals surface area contributed by atoms with Gasteiger partial charge in [0.2, 0.25) is 0 Å². The van der Waals surface area contributed by atoms with Crippen LogP contribution in [0, 0.1) is 17.3 Å². The Labute approximate surface area is 343 Å². The molecule has 310 valence electrons. The summed E-state index contributed by atoms with van der Waals surface area (Å²) in [4.78, 5) is 63.1. The van der Waals surface area contributed by atoms with Crippen molar-refractivity contribution in [1.82, 2.24) is 10.3 Å². The van der Waals surface area contributed by atoms with Crippen LogP contribution in [-0.2, 0) is 41.4 Å². The van der Waals surface area contributed by atoms with Gasteiger partial charge in [-0.1, -0.05) is 61.5 Å². The highest BCUT2D eigenvalue weighted by Crippen LogP contribution is 2.65. The van der Waals surface area contributed by atoms with E-state index in [2.05, 4.69) is 41.5 Å². The number of benzene rings is 2. The Morgan fingerprint density at radius 1 is 1.03 bits per heavy atom. The molecule has 3 saturated carbocycles. The summed E-state index contributed by atoms with van der Waals surface area (Å²) in [5, 5.41) is 11.7. The zero-order valence-corrected chi connectivity index (χ0v) is 35.6. The van der Waals surface area contributed by atoms with E-state index in [0.29, 0.717) is 17.8 Å². The largest absolute Gasteiger partial charge is 0.496 e. The van der Waals surface area contributed by atoms with Gasteiger partial charge in [-0.3, -0.25) is 14.9 Å². The monoisotopic (exact) mass is 816 g/mol. The molecule has 4 fully saturated rings. The number of aldehydes is 1. The van der Waals surface area contributed by atoms with Gasteiger partial charge in [-0.05, 0) is 96.1 Å². The molecule has 3 aliphatic carbocycles. The van der Waals surface area contributed by atoms with Gasteiger partial charge in [0, 0.05) is 10.9 Å². The number of rotatable bonds is 13. The zero-order valence-electron chi connectivity index (χ0n) is 34.8. The van der Waals surface area contributed by atoms with Crippen molar-refractivity contribution in [3.63, 3.8) is 0 Å². The summed E-state index contributed by atoms with van der Waals surface area (Å²) in [6.45, 7) is 17.1. The zero-order chi connectivity index (χ0) is 42.2. The number of amides is 2. The number of esters is 1. The van der Waals surface area contributed by atoms with Crippen molar-refractivity contribution in [1.29, 1.82) is 0 Å². The van der Waals surface area contributed by atoms with Crippen LogP contribution in [0.2, 0.25) is 0 Å². The van der Waals surface area contributed by atoms with Gasteiger partial charge >= 0.3 is 19.2 Å². The Balaban J connectivity index is 1.36. The van der Waals surface area contributed by atoms with E-state index in [1.54, 1.807) is 53.0 Å². The van der Waals surface area contributed by atoms with E-state index in [1.165, 1.54) is 13.2 Å². The fraction of sp³-hybridized carbons (Fsp3) is 0.524. The van der Waals surface area contributed by atoms with Crippen molar-refractivity contribution in [3.05, 3.63) is 75.8 Å². The summed E-state index contributed by atoms with van der Waals surface area (Å²) in [6.07, 6.45) is 1.54. The molecule has 4 aliphatic rings. The molecule has 2 bridgehead atoms. The predicted octanol–water partition coefficient (Wildman–Crippen LogP) is 7.18. The quantitative estimate of drug-likeness (QED) is 0.0588. The lowest BCUT2D eigenvalue weighted by molar-refractivity contribution is -0.199. The van der Waals surface area contributed by atoms with E-state index in [9.17, 15) is 19.2 Å². The summed E-state index contributed by atoms with van der Waals surface area (Å²) in [7, 11) is 0.475. The fourth-order valence-electron chi connectivity index (χ4n) is 8.21. The molecule has 1 aliphatic heterocycles. The lowest BCUT2D eigenvalue weighted by atomic mass is 9.43. The highest BCUT2D eigenvalue weighted by atomic mass is 32.1. The van der Waals surface area contributed by atoms with Gasteiger partial charge in [0.15, 0.2) is 17.1 Å². The third kappa shape index (κ3) is 9.24. The molecule has 2 N–H and O–H groups in total. The van der Waals surface area contributed by atoms with Gasteiger partial charge < -0.3 is 33.7 Å². The van der Waals surface area contributed by atoms with Gasteiger partial charge in [0.25, 0.3) is 5.91 Å². The maximum Gasteiger partial charge on any atom is 0.482 e. The minimum Gasteiger partial charge on any atom is -0.496 e. The minimum atomic E-state index is -0.930. The summed E-state index contributed by atoms with van der Waals surface area (Å²) < 4.78 is 30.5. The van der Waals surface area contributed by atoms with E-state index >= 15 is 0 Å². The second-order valence-electron chi connectivity index (χ2n) is 17.8. The van der Waals surface area contributed by atoms with Crippen LogP contribution in [0.1, 0.15) is 113 Å². The van der Waals surface area contributed by atoms with Crippen molar-refractivity contribution < 1.29 is 47.5 Å². The first-order valence-corrected chi connectivity index (χ1v) is 20.3. The molecule has 58 heavy (non-hydrogen) atoms. The number of thiazole rings is 1. The van der Waals surface area contributed by atoms with Crippen LogP contribution in [0.3, 0.4) is 0 Å². The molecule has 2 heterocycles. The molecule has 7 rings (SSSR count). The van der Waals surface area contributed by atoms with Crippen LogP contribution in [0.25, 0.3) is 0 Å². The Bertz CT molecular complexity index is 2060. The van der Waals surface area contributed by atoms with Gasteiger partial charge in [-0.25, -0.2) is 14.6 Å². The number of nitrogens with zero attached hydrogens (tertiary/aromatic N) is 2. The number of hydrogen-bond acceptors (Lipinski definition) is 13. The summed E-state index contributed by atoms with van der Waals surface area (Å²) in [5.41, 5.74) is -0.806. The second kappa shape index (κ2) is 16.5. The van der Waals surface area contributed by atoms with Gasteiger partial charge in [0.05, 0.1) is 24.8 Å². The molecule has 0 radical (unpaired) electrons. The summed E-state index contributed by atoms with van der Waals surface area (Å²) in [5.74, 6) is -1.44. The number of nitrogens with one attached hydrogen (secondary N) is 2. The maximum atomic E-state index is 14.6. The molecule has 2 unspecified atom stereocenters. The van der Waals surface area contributed by atoms with Crippen LogP contribution in [0.15, 0.2) is 53.0 Å². The number of carbonyl (C=O) groups excluding carboxylic acids is 4. The molecule has 1 aromatic heterocycles. The second-order valence-corrected chi connectivity index (χ2v) is 18.7. The number of anilines is 1. The number of hydrogen-bond donors (Lipinski definition) is 2. The molecule has 16 heteroatoms.